The minimum absolute atomic E-state index is 0.811. The van der Waals surface area contributed by atoms with Crippen LogP contribution in [0.15, 0.2) is 36.5 Å². The Bertz CT molecular complexity index is 1180. The Morgan fingerprint density at radius 1 is 1.00 bits per heavy atom. The van der Waals surface area contributed by atoms with E-state index in [0.29, 0.717) is 0 Å². The van der Waals surface area contributed by atoms with Gasteiger partial charge in [0.25, 0.3) is 0 Å². The number of aromatic nitrogens is 1. The summed E-state index contributed by atoms with van der Waals surface area (Å²) in [6.07, 6.45) is 7.83. The summed E-state index contributed by atoms with van der Waals surface area (Å²) in [6, 6.07) is 14.1. The second-order valence-electron chi connectivity index (χ2n) is 9.76. The molecule has 4 rings (SSSR count). The number of hydrogen-bond acceptors (Lipinski definition) is 1. The molecule has 0 spiro atoms. The Hall–Kier alpha value is -2.44. The molecule has 30 heavy (non-hydrogen) atoms. The van der Waals surface area contributed by atoms with Gasteiger partial charge in [0.15, 0.2) is 6.20 Å². The van der Waals surface area contributed by atoms with Crippen LogP contribution in [0.1, 0.15) is 47.9 Å². The van der Waals surface area contributed by atoms with Gasteiger partial charge in [-0.2, -0.15) is 5.26 Å². The molecule has 1 aromatic heterocycles. The van der Waals surface area contributed by atoms with E-state index < -0.39 is 8.07 Å². The number of pyridine rings is 1. The molecule has 0 bridgehead atoms. The lowest BCUT2D eigenvalue weighted by atomic mass is 9.91. The fraction of sp³-hybridized carbons (Fsp3) is 0.407. The zero-order valence-corrected chi connectivity index (χ0v) is 20.3. The quantitative estimate of drug-likeness (QED) is 0.383. The molecule has 1 fully saturated rings. The first kappa shape index (κ1) is 20.8. The predicted octanol–water partition coefficient (Wildman–Crippen LogP) is 5.99. The molecule has 2 nitrogen and oxygen atoms in total. The SMILES string of the molecule is Cc1cc(-c2c3ccc([Si](C)(C)C4CCCC4)cc3cc[n+]2C)c(C)c(C)c1C#N. The molecule has 2 aromatic carbocycles. The minimum atomic E-state index is -1.46. The van der Waals surface area contributed by atoms with E-state index in [9.17, 15) is 5.26 Å². The molecule has 1 aliphatic carbocycles. The average molecular weight is 414 g/mol. The third-order valence-corrected chi connectivity index (χ3v) is 12.1. The first-order valence-corrected chi connectivity index (χ1v) is 14.3. The van der Waals surface area contributed by atoms with E-state index in [2.05, 4.69) is 81.2 Å². The number of hydrogen-bond donors (Lipinski definition) is 0. The molecule has 1 heterocycles. The Morgan fingerprint density at radius 2 is 1.70 bits per heavy atom. The van der Waals surface area contributed by atoms with Crippen molar-refractivity contribution in [1.82, 2.24) is 0 Å². The smallest absolute Gasteiger partial charge is 0.200 e. The van der Waals surface area contributed by atoms with Crippen LogP contribution in [0.5, 0.6) is 0 Å². The molecular weight excluding hydrogens is 380 g/mol. The topological polar surface area (TPSA) is 27.7 Å². The number of fused-ring (bicyclic) bond motifs is 1. The highest BCUT2D eigenvalue weighted by Gasteiger charge is 2.35. The standard InChI is InChI=1S/C27H33N2Si/c1-18-15-25(19(2)20(3)26(18)17-28)27-24-12-11-23(16-21(24)13-14-29(27)4)30(5,6)22-9-7-8-10-22/h11-16,22H,7-10H2,1-6H3/q+1. The van der Waals surface area contributed by atoms with E-state index in [1.807, 2.05) is 6.92 Å². The van der Waals surface area contributed by atoms with E-state index in [0.717, 1.165) is 22.2 Å². The van der Waals surface area contributed by atoms with Crippen LogP contribution >= 0.6 is 0 Å². The largest absolute Gasteiger partial charge is 0.220 e. The van der Waals surface area contributed by atoms with Crippen LogP contribution in [0.2, 0.25) is 18.6 Å². The van der Waals surface area contributed by atoms with Crippen molar-refractivity contribution >= 4 is 24.0 Å². The monoisotopic (exact) mass is 413 g/mol. The maximum Gasteiger partial charge on any atom is 0.220 e. The molecule has 0 amide bonds. The minimum Gasteiger partial charge on any atom is -0.200 e. The van der Waals surface area contributed by atoms with Crippen molar-refractivity contribution in [2.75, 3.05) is 0 Å². The van der Waals surface area contributed by atoms with Crippen LogP contribution in [0, 0.1) is 32.1 Å². The van der Waals surface area contributed by atoms with Gasteiger partial charge in [-0.3, -0.25) is 0 Å². The molecule has 3 heteroatoms. The van der Waals surface area contributed by atoms with Gasteiger partial charge in [0.05, 0.1) is 30.7 Å². The molecule has 154 valence electrons. The van der Waals surface area contributed by atoms with Crippen molar-refractivity contribution in [2.24, 2.45) is 7.05 Å². The van der Waals surface area contributed by atoms with Gasteiger partial charge in [-0.25, -0.2) is 4.57 Å². The summed E-state index contributed by atoms with van der Waals surface area (Å²) in [5.41, 5.74) is 7.55. The van der Waals surface area contributed by atoms with Crippen LogP contribution in [-0.2, 0) is 7.05 Å². The van der Waals surface area contributed by atoms with Crippen LogP contribution < -0.4 is 9.75 Å². The zero-order valence-electron chi connectivity index (χ0n) is 19.3. The lowest BCUT2D eigenvalue weighted by molar-refractivity contribution is -0.659. The Balaban J connectivity index is 1.91. The van der Waals surface area contributed by atoms with Crippen molar-refractivity contribution < 1.29 is 4.57 Å². The lowest BCUT2D eigenvalue weighted by Crippen LogP contribution is -2.45. The number of aryl methyl sites for hydroxylation is 2. The Labute approximate surface area is 182 Å². The third-order valence-electron chi connectivity index (χ3n) is 7.72. The first-order valence-electron chi connectivity index (χ1n) is 11.2. The van der Waals surface area contributed by atoms with E-state index in [1.165, 1.54) is 53.3 Å². The van der Waals surface area contributed by atoms with Crippen molar-refractivity contribution in [3.05, 3.63) is 58.8 Å². The normalized spacial score (nSPS) is 15.0. The molecule has 0 N–H and O–H groups in total. The predicted molar refractivity (Wildman–Crippen MR) is 129 cm³/mol. The fourth-order valence-corrected chi connectivity index (χ4v) is 8.86. The van der Waals surface area contributed by atoms with E-state index in [4.69, 9.17) is 0 Å². The summed E-state index contributed by atoms with van der Waals surface area (Å²) in [6.45, 7) is 11.4. The summed E-state index contributed by atoms with van der Waals surface area (Å²) < 4.78 is 2.23. The molecule has 3 aromatic rings. The maximum absolute atomic E-state index is 9.56. The molecule has 0 saturated heterocycles. The highest BCUT2D eigenvalue weighted by Crippen LogP contribution is 2.39. The highest BCUT2D eigenvalue weighted by atomic mass is 28.3. The van der Waals surface area contributed by atoms with Gasteiger partial charge in [0.2, 0.25) is 5.69 Å². The van der Waals surface area contributed by atoms with Gasteiger partial charge in [0.1, 0.15) is 7.05 Å². The zero-order chi connectivity index (χ0) is 21.6. The molecule has 0 aliphatic heterocycles. The van der Waals surface area contributed by atoms with Crippen LogP contribution in [0.3, 0.4) is 0 Å². The Kier molecular flexibility index (Phi) is 5.32. The number of benzene rings is 2. The van der Waals surface area contributed by atoms with Crippen LogP contribution in [0.4, 0.5) is 0 Å². The van der Waals surface area contributed by atoms with Gasteiger partial charge in [-0.05, 0) is 60.5 Å². The van der Waals surface area contributed by atoms with Gasteiger partial charge >= 0.3 is 0 Å². The van der Waals surface area contributed by atoms with E-state index in [-0.39, 0.29) is 0 Å². The van der Waals surface area contributed by atoms with Gasteiger partial charge in [-0.1, -0.05) is 56.1 Å². The second kappa shape index (κ2) is 7.67. The third kappa shape index (κ3) is 3.28. The summed E-state index contributed by atoms with van der Waals surface area (Å²) in [5, 5.41) is 13.8. The van der Waals surface area contributed by atoms with Gasteiger partial charge in [0, 0.05) is 6.07 Å². The fourth-order valence-electron chi connectivity index (χ4n) is 5.49. The highest BCUT2D eigenvalue weighted by molar-refractivity contribution is 6.91. The van der Waals surface area contributed by atoms with Gasteiger partial charge < -0.3 is 0 Å². The van der Waals surface area contributed by atoms with Crippen LogP contribution in [0.25, 0.3) is 22.0 Å². The van der Waals surface area contributed by atoms with Crippen molar-refractivity contribution in [3.63, 3.8) is 0 Å². The maximum atomic E-state index is 9.56. The molecule has 1 aliphatic rings. The number of rotatable bonds is 3. The van der Waals surface area contributed by atoms with Crippen molar-refractivity contribution in [3.8, 4) is 17.3 Å². The second-order valence-corrected chi connectivity index (χ2v) is 14.6. The summed E-state index contributed by atoms with van der Waals surface area (Å²) >= 11 is 0. The molecular formula is C27H33N2Si+. The van der Waals surface area contributed by atoms with Crippen LogP contribution in [-0.4, -0.2) is 8.07 Å². The van der Waals surface area contributed by atoms with E-state index in [1.54, 1.807) is 5.19 Å². The van der Waals surface area contributed by atoms with E-state index >= 15 is 0 Å². The molecule has 0 unspecified atom stereocenters. The Morgan fingerprint density at radius 3 is 2.37 bits per heavy atom. The summed E-state index contributed by atoms with van der Waals surface area (Å²) in [5.74, 6) is 0. The van der Waals surface area contributed by atoms with Crippen molar-refractivity contribution in [2.45, 2.75) is 65.1 Å². The van der Waals surface area contributed by atoms with Crippen molar-refractivity contribution in [1.29, 1.82) is 5.26 Å². The molecule has 0 radical (unpaired) electrons. The molecule has 0 atom stereocenters. The number of nitriles is 1. The summed E-state index contributed by atoms with van der Waals surface area (Å²) in [4.78, 5) is 0. The molecule has 1 saturated carbocycles. The summed E-state index contributed by atoms with van der Waals surface area (Å²) in [7, 11) is 0.669. The van der Waals surface area contributed by atoms with Gasteiger partial charge in [-0.15, -0.1) is 0 Å². The first-order chi connectivity index (χ1) is 14.3. The average Bonchev–Trinajstić information content (AvgIpc) is 3.27. The lowest BCUT2D eigenvalue weighted by Gasteiger charge is -2.30. The number of nitrogens with zero attached hydrogens (tertiary/aromatic N) is 2.